The number of anilines is 1. The molecule has 3 heterocycles. The minimum atomic E-state index is -0.203. The van der Waals surface area contributed by atoms with Crippen LogP contribution in [-0.4, -0.2) is 47.0 Å². The van der Waals surface area contributed by atoms with E-state index in [1.165, 1.54) is 6.26 Å². The SMILES string of the molecule is O=C(c1ccco1)N1CCN(c2ccc3[nH]c(=O)[nH]c3c2)CC1. The van der Waals surface area contributed by atoms with Gasteiger partial charge in [0.2, 0.25) is 0 Å². The molecule has 118 valence electrons. The largest absolute Gasteiger partial charge is 0.459 e. The molecular formula is C16H16N4O3. The highest BCUT2D eigenvalue weighted by Crippen LogP contribution is 2.21. The number of aromatic amines is 2. The lowest BCUT2D eigenvalue weighted by molar-refractivity contribution is 0.0714. The van der Waals surface area contributed by atoms with Gasteiger partial charge < -0.3 is 24.2 Å². The summed E-state index contributed by atoms with van der Waals surface area (Å²) in [5.74, 6) is 0.310. The lowest BCUT2D eigenvalue weighted by atomic mass is 10.2. The van der Waals surface area contributed by atoms with E-state index in [1.54, 1.807) is 17.0 Å². The normalized spacial score (nSPS) is 15.3. The van der Waals surface area contributed by atoms with Crippen molar-refractivity contribution in [1.29, 1.82) is 0 Å². The van der Waals surface area contributed by atoms with E-state index in [0.29, 0.717) is 18.8 Å². The van der Waals surface area contributed by atoms with Gasteiger partial charge in [0.15, 0.2) is 5.76 Å². The number of H-pyrrole nitrogens is 2. The molecule has 4 rings (SSSR count). The van der Waals surface area contributed by atoms with E-state index in [-0.39, 0.29) is 11.6 Å². The quantitative estimate of drug-likeness (QED) is 0.749. The lowest BCUT2D eigenvalue weighted by Crippen LogP contribution is -2.48. The monoisotopic (exact) mass is 312 g/mol. The Balaban J connectivity index is 1.48. The van der Waals surface area contributed by atoms with Gasteiger partial charge in [-0.25, -0.2) is 4.79 Å². The van der Waals surface area contributed by atoms with Gasteiger partial charge in [0.05, 0.1) is 17.3 Å². The number of carbonyl (C=O) groups excluding carboxylic acids is 1. The van der Waals surface area contributed by atoms with Gasteiger partial charge in [0.25, 0.3) is 5.91 Å². The Morgan fingerprint density at radius 2 is 1.83 bits per heavy atom. The number of carbonyl (C=O) groups is 1. The van der Waals surface area contributed by atoms with Gasteiger partial charge in [0.1, 0.15) is 0 Å². The van der Waals surface area contributed by atoms with Crippen LogP contribution in [0.25, 0.3) is 11.0 Å². The molecule has 2 N–H and O–H groups in total. The number of nitrogens with one attached hydrogen (secondary N) is 2. The van der Waals surface area contributed by atoms with Crippen molar-refractivity contribution in [3.63, 3.8) is 0 Å². The zero-order valence-corrected chi connectivity index (χ0v) is 12.4. The Bertz CT molecular complexity index is 886. The first kappa shape index (κ1) is 13.7. The van der Waals surface area contributed by atoms with Crippen molar-refractivity contribution in [2.24, 2.45) is 0 Å². The molecule has 1 aromatic carbocycles. The Morgan fingerprint density at radius 1 is 1.04 bits per heavy atom. The fraction of sp³-hybridized carbons (Fsp3) is 0.250. The van der Waals surface area contributed by atoms with E-state index in [9.17, 15) is 9.59 Å². The first-order chi connectivity index (χ1) is 11.2. The van der Waals surface area contributed by atoms with E-state index < -0.39 is 0 Å². The van der Waals surface area contributed by atoms with Crippen LogP contribution in [0.4, 0.5) is 5.69 Å². The third kappa shape index (κ3) is 2.50. The number of hydrogen-bond donors (Lipinski definition) is 2. The van der Waals surface area contributed by atoms with E-state index >= 15 is 0 Å². The number of furan rings is 1. The van der Waals surface area contributed by atoms with E-state index in [4.69, 9.17) is 4.42 Å². The Morgan fingerprint density at radius 3 is 2.57 bits per heavy atom. The second-order valence-corrected chi connectivity index (χ2v) is 5.57. The summed E-state index contributed by atoms with van der Waals surface area (Å²) < 4.78 is 5.17. The highest BCUT2D eigenvalue weighted by atomic mass is 16.3. The second kappa shape index (κ2) is 5.35. The Labute approximate surface area is 131 Å². The molecule has 1 saturated heterocycles. The van der Waals surface area contributed by atoms with Gasteiger partial charge in [-0.05, 0) is 30.3 Å². The van der Waals surface area contributed by atoms with Crippen LogP contribution < -0.4 is 10.6 Å². The summed E-state index contributed by atoms with van der Waals surface area (Å²) in [7, 11) is 0. The Hall–Kier alpha value is -2.96. The van der Waals surface area contributed by atoms with Gasteiger partial charge in [-0.2, -0.15) is 0 Å². The van der Waals surface area contributed by atoms with Crippen LogP contribution in [0.5, 0.6) is 0 Å². The molecule has 2 aromatic heterocycles. The van der Waals surface area contributed by atoms with Gasteiger partial charge in [-0.15, -0.1) is 0 Å². The number of hydrogen-bond acceptors (Lipinski definition) is 4. The molecule has 0 bridgehead atoms. The van der Waals surface area contributed by atoms with Gasteiger partial charge in [-0.1, -0.05) is 0 Å². The van der Waals surface area contributed by atoms with Gasteiger partial charge in [-0.3, -0.25) is 4.79 Å². The van der Waals surface area contributed by atoms with Crippen LogP contribution in [-0.2, 0) is 0 Å². The smallest absolute Gasteiger partial charge is 0.323 e. The maximum absolute atomic E-state index is 12.3. The lowest BCUT2D eigenvalue weighted by Gasteiger charge is -2.35. The summed E-state index contributed by atoms with van der Waals surface area (Å²) in [5.41, 5.74) is 2.43. The van der Waals surface area contributed by atoms with E-state index in [2.05, 4.69) is 14.9 Å². The fourth-order valence-electron chi connectivity index (χ4n) is 2.94. The van der Waals surface area contributed by atoms with Crippen molar-refractivity contribution >= 4 is 22.6 Å². The summed E-state index contributed by atoms with van der Waals surface area (Å²) in [6.07, 6.45) is 1.51. The first-order valence-electron chi connectivity index (χ1n) is 7.50. The standard InChI is InChI=1S/C16H16N4O3/c21-15(14-2-1-9-23-14)20-7-5-19(6-8-20)11-3-4-12-13(10-11)18-16(22)17-12/h1-4,9-10H,5-8H2,(H2,17,18,22). The van der Waals surface area contributed by atoms with Gasteiger partial charge in [0, 0.05) is 31.9 Å². The van der Waals surface area contributed by atoms with E-state index in [0.717, 1.165) is 29.8 Å². The summed E-state index contributed by atoms with van der Waals surface area (Å²) in [4.78, 5) is 33.1. The zero-order chi connectivity index (χ0) is 15.8. The van der Waals surface area contributed by atoms with Crippen LogP contribution in [0, 0.1) is 0 Å². The molecular weight excluding hydrogens is 296 g/mol. The molecule has 0 saturated carbocycles. The van der Waals surface area contributed by atoms with Crippen LogP contribution in [0.3, 0.4) is 0 Å². The van der Waals surface area contributed by atoms with Crippen molar-refractivity contribution in [1.82, 2.24) is 14.9 Å². The molecule has 7 heteroatoms. The number of amides is 1. The molecule has 1 aliphatic heterocycles. The van der Waals surface area contributed by atoms with Crippen LogP contribution in [0.2, 0.25) is 0 Å². The van der Waals surface area contributed by atoms with Crippen molar-refractivity contribution in [3.8, 4) is 0 Å². The third-order valence-corrected chi connectivity index (χ3v) is 4.16. The number of nitrogens with zero attached hydrogens (tertiary/aromatic N) is 2. The van der Waals surface area contributed by atoms with E-state index in [1.807, 2.05) is 18.2 Å². The van der Waals surface area contributed by atoms with Crippen LogP contribution in [0.15, 0.2) is 45.8 Å². The molecule has 7 nitrogen and oxygen atoms in total. The molecule has 1 aliphatic rings. The molecule has 1 amide bonds. The molecule has 3 aromatic rings. The number of piperazine rings is 1. The molecule has 0 atom stereocenters. The minimum Gasteiger partial charge on any atom is -0.459 e. The third-order valence-electron chi connectivity index (χ3n) is 4.16. The first-order valence-corrected chi connectivity index (χ1v) is 7.50. The predicted octanol–water partition coefficient (Wildman–Crippen LogP) is 1.41. The highest BCUT2D eigenvalue weighted by Gasteiger charge is 2.23. The molecule has 1 fully saturated rings. The number of rotatable bonds is 2. The molecule has 23 heavy (non-hydrogen) atoms. The molecule has 0 radical (unpaired) electrons. The van der Waals surface area contributed by atoms with Crippen molar-refractivity contribution in [2.45, 2.75) is 0 Å². The van der Waals surface area contributed by atoms with Gasteiger partial charge >= 0.3 is 5.69 Å². The topological polar surface area (TPSA) is 85.3 Å². The summed E-state index contributed by atoms with van der Waals surface area (Å²) in [5, 5.41) is 0. The average Bonchev–Trinajstić information content (AvgIpc) is 3.22. The van der Waals surface area contributed by atoms with Crippen LogP contribution >= 0.6 is 0 Å². The molecule has 0 spiro atoms. The zero-order valence-electron chi connectivity index (χ0n) is 12.4. The number of benzene rings is 1. The molecule has 0 aliphatic carbocycles. The van der Waals surface area contributed by atoms with Crippen molar-refractivity contribution < 1.29 is 9.21 Å². The predicted molar refractivity (Wildman–Crippen MR) is 85.7 cm³/mol. The fourth-order valence-corrected chi connectivity index (χ4v) is 2.94. The number of fused-ring (bicyclic) bond motifs is 1. The summed E-state index contributed by atoms with van der Waals surface area (Å²) in [6, 6.07) is 9.23. The number of imidazole rings is 1. The molecule has 0 unspecified atom stereocenters. The average molecular weight is 312 g/mol. The highest BCUT2D eigenvalue weighted by molar-refractivity contribution is 5.91. The Kier molecular flexibility index (Phi) is 3.18. The number of aromatic nitrogens is 2. The maximum atomic E-state index is 12.3. The minimum absolute atomic E-state index is 0.0694. The second-order valence-electron chi connectivity index (χ2n) is 5.57. The summed E-state index contributed by atoms with van der Waals surface area (Å²) in [6.45, 7) is 2.77. The summed E-state index contributed by atoms with van der Waals surface area (Å²) >= 11 is 0. The van der Waals surface area contributed by atoms with Crippen molar-refractivity contribution in [2.75, 3.05) is 31.1 Å². The van der Waals surface area contributed by atoms with Crippen LogP contribution in [0.1, 0.15) is 10.6 Å². The maximum Gasteiger partial charge on any atom is 0.323 e. The van der Waals surface area contributed by atoms with Crippen molar-refractivity contribution in [3.05, 3.63) is 52.8 Å².